The van der Waals surface area contributed by atoms with Gasteiger partial charge in [0.05, 0.1) is 5.69 Å². The van der Waals surface area contributed by atoms with Gasteiger partial charge in [0.15, 0.2) is 0 Å². The minimum absolute atomic E-state index is 0.119. The SMILES string of the molecule is CC(=O)N1CCc2nc([C@H]3CCCN(Cc4cnc(C(C)C)nc4)C3)ncc2C1. The van der Waals surface area contributed by atoms with Crippen LogP contribution in [-0.2, 0) is 24.3 Å². The van der Waals surface area contributed by atoms with Crippen molar-refractivity contribution < 1.29 is 4.79 Å². The number of hydrogen-bond donors (Lipinski definition) is 0. The average Bonchev–Trinajstić information content (AvgIpc) is 2.73. The lowest BCUT2D eigenvalue weighted by atomic mass is 9.96. The molecular formula is C22H30N6O. The zero-order valence-electron chi connectivity index (χ0n) is 17.6. The van der Waals surface area contributed by atoms with Crippen molar-refractivity contribution in [1.29, 1.82) is 0 Å². The van der Waals surface area contributed by atoms with Crippen LogP contribution in [0, 0.1) is 0 Å². The third-order valence-corrected chi connectivity index (χ3v) is 5.92. The summed E-state index contributed by atoms with van der Waals surface area (Å²) in [7, 11) is 0. The first kappa shape index (κ1) is 19.9. The third kappa shape index (κ3) is 4.61. The Hall–Kier alpha value is -2.41. The quantitative estimate of drug-likeness (QED) is 0.794. The molecule has 0 unspecified atom stereocenters. The van der Waals surface area contributed by atoms with Crippen molar-refractivity contribution in [3.05, 3.63) is 47.1 Å². The summed E-state index contributed by atoms with van der Waals surface area (Å²) in [6.45, 7) is 10.1. The topological polar surface area (TPSA) is 75.1 Å². The van der Waals surface area contributed by atoms with E-state index in [1.165, 1.54) is 0 Å². The Morgan fingerprint density at radius 1 is 1.17 bits per heavy atom. The molecule has 154 valence electrons. The van der Waals surface area contributed by atoms with Crippen molar-refractivity contribution in [1.82, 2.24) is 29.7 Å². The van der Waals surface area contributed by atoms with Crippen LogP contribution in [-0.4, -0.2) is 55.3 Å². The minimum atomic E-state index is 0.119. The van der Waals surface area contributed by atoms with Gasteiger partial charge in [-0.15, -0.1) is 0 Å². The number of amides is 1. The Morgan fingerprint density at radius 2 is 1.97 bits per heavy atom. The molecule has 1 saturated heterocycles. The highest BCUT2D eigenvalue weighted by Gasteiger charge is 2.26. The smallest absolute Gasteiger partial charge is 0.219 e. The number of piperidine rings is 1. The second kappa shape index (κ2) is 8.53. The maximum atomic E-state index is 11.6. The van der Waals surface area contributed by atoms with Crippen LogP contribution in [0.3, 0.4) is 0 Å². The Labute approximate surface area is 172 Å². The highest BCUT2D eigenvalue weighted by molar-refractivity contribution is 5.73. The molecule has 1 fully saturated rings. The molecular weight excluding hydrogens is 364 g/mol. The lowest BCUT2D eigenvalue weighted by Gasteiger charge is -2.33. The maximum absolute atomic E-state index is 11.6. The first-order valence-corrected chi connectivity index (χ1v) is 10.6. The van der Waals surface area contributed by atoms with E-state index in [-0.39, 0.29) is 5.91 Å². The summed E-state index contributed by atoms with van der Waals surface area (Å²) in [5.41, 5.74) is 3.36. The average molecular weight is 395 g/mol. The summed E-state index contributed by atoms with van der Waals surface area (Å²) in [5.74, 6) is 2.68. The number of aromatic nitrogens is 4. The summed E-state index contributed by atoms with van der Waals surface area (Å²) < 4.78 is 0. The number of nitrogens with zero attached hydrogens (tertiary/aromatic N) is 6. The number of carbonyl (C=O) groups excluding carboxylic acids is 1. The fraction of sp³-hybridized carbons (Fsp3) is 0.591. The van der Waals surface area contributed by atoms with E-state index in [1.807, 2.05) is 23.5 Å². The molecule has 2 aliphatic heterocycles. The van der Waals surface area contributed by atoms with Gasteiger partial charge in [0, 0.05) is 81.1 Å². The van der Waals surface area contributed by atoms with E-state index in [0.717, 1.165) is 73.9 Å². The van der Waals surface area contributed by atoms with Gasteiger partial charge in [-0.05, 0) is 19.4 Å². The van der Waals surface area contributed by atoms with Crippen LogP contribution in [0.5, 0.6) is 0 Å². The molecule has 7 heteroatoms. The molecule has 0 saturated carbocycles. The Morgan fingerprint density at radius 3 is 2.69 bits per heavy atom. The van der Waals surface area contributed by atoms with Crippen LogP contribution in [0.1, 0.15) is 73.9 Å². The highest BCUT2D eigenvalue weighted by atomic mass is 16.2. The van der Waals surface area contributed by atoms with Gasteiger partial charge in [-0.2, -0.15) is 0 Å². The normalized spacial score (nSPS) is 20.0. The molecule has 2 aliphatic rings. The van der Waals surface area contributed by atoms with Crippen molar-refractivity contribution >= 4 is 5.91 Å². The first-order chi connectivity index (χ1) is 14.0. The van der Waals surface area contributed by atoms with Crippen LogP contribution in [0.15, 0.2) is 18.6 Å². The number of carbonyl (C=O) groups is 1. The van der Waals surface area contributed by atoms with E-state index in [4.69, 9.17) is 4.98 Å². The second-order valence-electron chi connectivity index (χ2n) is 8.57. The predicted octanol–water partition coefficient (Wildman–Crippen LogP) is 2.67. The standard InChI is InChI=1S/C22H30N6O/c1-15(2)21-23-9-17(10-24-21)12-27-7-4-5-18(13-27)22-25-11-19-14-28(16(3)29)8-6-20(19)26-22/h9-11,15,18H,4-8,12-14H2,1-3H3/t18-/m0/s1. The molecule has 1 atom stereocenters. The van der Waals surface area contributed by atoms with E-state index >= 15 is 0 Å². The summed E-state index contributed by atoms with van der Waals surface area (Å²) in [6.07, 6.45) is 8.95. The predicted molar refractivity (Wildman–Crippen MR) is 110 cm³/mol. The molecule has 1 amide bonds. The molecule has 0 aromatic carbocycles. The lowest BCUT2D eigenvalue weighted by molar-refractivity contribution is -0.129. The molecule has 4 heterocycles. The van der Waals surface area contributed by atoms with Crippen LogP contribution in [0.4, 0.5) is 0 Å². The van der Waals surface area contributed by atoms with Gasteiger partial charge in [-0.3, -0.25) is 9.69 Å². The van der Waals surface area contributed by atoms with Gasteiger partial charge < -0.3 is 4.90 Å². The fourth-order valence-corrected chi connectivity index (χ4v) is 4.21. The number of fused-ring (bicyclic) bond motifs is 1. The molecule has 4 rings (SSSR count). The van der Waals surface area contributed by atoms with Crippen LogP contribution in [0.25, 0.3) is 0 Å². The van der Waals surface area contributed by atoms with E-state index in [9.17, 15) is 4.79 Å². The van der Waals surface area contributed by atoms with Crippen molar-refractivity contribution in [3.63, 3.8) is 0 Å². The molecule has 0 spiro atoms. The number of rotatable bonds is 4. The maximum Gasteiger partial charge on any atom is 0.219 e. The fourth-order valence-electron chi connectivity index (χ4n) is 4.21. The monoisotopic (exact) mass is 394 g/mol. The Bertz CT molecular complexity index is 866. The van der Waals surface area contributed by atoms with Crippen LogP contribution >= 0.6 is 0 Å². The lowest BCUT2D eigenvalue weighted by Crippen LogP contribution is -2.36. The largest absolute Gasteiger partial charge is 0.338 e. The van der Waals surface area contributed by atoms with E-state index < -0.39 is 0 Å². The van der Waals surface area contributed by atoms with Crippen molar-refractivity contribution in [2.75, 3.05) is 19.6 Å². The summed E-state index contributed by atoms with van der Waals surface area (Å²) in [5, 5.41) is 0. The van der Waals surface area contributed by atoms with Crippen molar-refractivity contribution in [2.45, 2.75) is 65.0 Å². The zero-order chi connectivity index (χ0) is 20.4. The van der Waals surface area contributed by atoms with Gasteiger partial charge >= 0.3 is 0 Å². The summed E-state index contributed by atoms with van der Waals surface area (Å²) in [4.78, 5) is 34.5. The second-order valence-corrected chi connectivity index (χ2v) is 8.57. The van der Waals surface area contributed by atoms with E-state index in [1.54, 1.807) is 6.92 Å². The summed E-state index contributed by atoms with van der Waals surface area (Å²) >= 11 is 0. The number of likely N-dealkylation sites (tertiary alicyclic amines) is 1. The summed E-state index contributed by atoms with van der Waals surface area (Å²) in [6, 6.07) is 0. The number of hydrogen-bond acceptors (Lipinski definition) is 6. The molecule has 29 heavy (non-hydrogen) atoms. The van der Waals surface area contributed by atoms with Crippen LogP contribution < -0.4 is 0 Å². The Balaban J connectivity index is 1.41. The van der Waals surface area contributed by atoms with E-state index in [0.29, 0.717) is 18.4 Å². The molecule has 0 N–H and O–H groups in total. The van der Waals surface area contributed by atoms with Crippen molar-refractivity contribution in [2.24, 2.45) is 0 Å². The minimum Gasteiger partial charge on any atom is -0.338 e. The third-order valence-electron chi connectivity index (χ3n) is 5.92. The molecule has 0 radical (unpaired) electrons. The van der Waals surface area contributed by atoms with E-state index in [2.05, 4.69) is 33.7 Å². The first-order valence-electron chi connectivity index (χ1n) is 10.6. The highest BCUT2D eigenvalue weighted by Crippen LogP contribution is 2.27. The molecule has 0 aliphatic carbocycles. The molecule has 7 nitrogen and oxygen atoms in total. The van der Waals surface area contributed by atoms with Gasteiger partial charge in [-0.25, -0.2) is 19.9 Å². The Kier molecular flexibility index (Phi) is 5.85. The zero-order valence-corrected chi connectivity index (χ0v) is 17.6. The van der Waals surface area contributed by atoms with Crippen molar-refractivity contribution in [3.8, 4) is 0 Å². The van der Waals surface area contributed by atoms with Gasteiger partial charge in [-0.1, -0.05) is 13.8 Å². The molecule has 0 bridgehead atoms. The molecule has 2 aromatic heterocycles. The van der Waals surface area contributed by atoms with Crippen LogP contribution in [0.2, 0.25) is 0 Å². The van der Waals surface area contributed by atoms with Gasteiger partial charge in [0.2, 0.25) is 5.91 Å². The van der Waals surface area contributed by atoms with Gasteiger partial charge in [0.25, 0.3) is 0 Å². The van der Waals surface area contributed by atoms with Gasteiger partial charge in [0.1, 0.15) is 11.6 Å². The molecule has 2 aromatic rings.